The predicted octanol–water partition coefficient (Wildman–Crippen LogP) is 3.51. The van der Waals surface area contributed by atoms with E-state index >= 15 is 0 Å². The summed E-state index contributed by atoms with van der Waals surface area (Å²) in [6, 6.07) is 18.1. The van der Waals surface area contributed by atoms with Crippen LogP contribution in [0.25, 0.3) is 0 Å². The molecule has 1 fully saturated rings. The fourth-order valence-electron chi connectivity index (χ4n) is 3.28. The van der Waals surface area contributed by atoms with E-state index in [0.717, 1.165) is 30.9 Å². The highest BCUT2D eigenvalue weighted by molar-refractivity contribution is 5.88. The second-order valence-corrected chi connectivity index (χ2v) is 6.43. The molecule has 1 N–H and O–H groups in total. The molecule has 126 valence electrons. The highest BCUT2D eigenvalue weighted by Crippen LogP contribution is 2.31. The van der Waals surface area contributed by atoms with Gasteiger partial charge in [0.25, 0.3) is 0 Å². The van der Waals surface area contributed by atoms with Crippen LogP contribution in [0, 0.1) is 0 Å². The Morgan fingerprint density at radius 3 is 2.71 bits per heavy atom. The molecule has 2 unspecified atom stereocenters. The number of hydrogen-bond donors (Lipinski definition) is 1. The average Bonchev–Trinajstić information content (AvgIpc) is 2.57. The first-order valence-corrected chi connectivity index (χ1v) is 8.39. The summed E-state index contributed by atoms with van der Waals surface area (Å²) in [7, 11) is 2.14. The molecule has 0 radical (unpaired) electrons. The van der Waals surface area contributed by atoms with E-state index in [1.54, 1.807) is 0 Å². The number of likely N-dealkylation sites (N-methyl/N-ethyl adjacent to an activating group) is 1. The molecule has 1 aliphatic rings. The molecule has 1 heterocycles. The Balaban J connectivity index is 1.82. The van der Waals surface area contributed by atoms with Gasteiger partial charge in [-0.1, -0.05) is 30.3 Å². The van der Waals surface area contributed by atoms with Crippen LogP contribution < -0.4 is 10.1 Å². The minimum absolute atomic E-state index is 0.0509. The summed E-state index contributed by atoms with van der Waals surface area (Å²) in [5.74, 6) is 1.14. The molecule has 2 atom stereocenters. The molecule has 4 nitrogen and oxygen atoms in total. The van der Waals surface area contributed by atoms with Crippen molar-refractivity contribution in [2.45, 2.75) is 25.4 Å². The van der Waals surface area contributed by atoms with E-state index < -0.39 is 0 Å². The molecule has 3 rings (SSSR count). The molecule has 1 amide bonds. The summed E-state index contributed by atoms with van der Waals surface area (Å²) < 4.78 is 6.28. The molecule has 0 aliphatic carbocycles. The van der Waals surface area contributed by atoms with Crippen molar-refractivity contribution in [1.29, 1.82) is 0 Å². The number of piperidine rings is 1. The number of nitrogens with one attached hydrogen (secondary N) is 1. The fraction of sp³-hybridized carbons (Fsp3) is 0.350. The predicted molar refractivity (Wildman–Crippen MR) is 96.5 cm³/mol. The minimum atomic E-state index is -0.0509. The lowest BCUT2D eigenvalue weighted by Gasteiger charge is -2.37. The summed E-state index contributed by atoms with van der Waals surface area (Å²) >= 11 is 0. The highest BCUT2D eigenvalue weighted by atomic mass is 16.5. The second kappa shape index (κ2) is 7.49. The number of rotatable bonds is 4. The van der Waals surface area contributed by atoms with Crippen molar-refractivity contribution in [2.75, 3.05) is 25.5 Å². The zero-order valence-electron chi connectivity index (χ0n) is 14.2. The van der Waals surface area contributed by atoms with Crippen LogP contribution in [0.4, 0.5) is 5.69 Å². The first-order chi connectivity index (χ1) is 11.6. The molecule has 4 heteroatoms. The van der Waals surface area contributed by atoms with Crippen molar-refractivity contribution in [3.63, 3.8) is 0 Å². The third-order valence-corrected chi connectivity index (χ3v) is 4.42. The lowest BCUT2D eigenvalue weighted by molar-refractivity contribution is -0.114. The van der Waals surface area contributed by atoms with Gasteiger partial charge in [0.2, 0.25) is 5.91 Å². The van der Waals surface area contributed by atoms with Gasteiger partial charge in [-0.15, -0.1) is 0 Å². The number of anilines is 1. The molecule has 0 aromatic heterocycles. The molecule has 0 spiro atoms. The van der Waals surface area contributed by atoms with Crippen molar-refractivity contribution in [3.8, 4) is 5.75 Å². The number of carbonyl (C=O) groups excluding carboxylic acids is 1. The molecule has 0 saturated carbocycles. The van der Waals surface area contributed by atoms with Crippen molar-refractivity contribution in [1.82, 2.24) is 4.90 Å². The van der Waals surface area contributed by atoms with Gasteiger partial charge in [0.05, 0.1) is 0 Å². The summed E-state index contributed by atoms with van der Waals surface area (Å²) in [6.45, 7) is 3.50. The average molecular weight is 324 g/mol. The molecule has 2 aromatic rings. The standard InChI is InChI=1S/C20H24N2O2/c1-15(23)21-17-8-6-7-16(13-17)19-14-22(2)12-11-20(19)24-18-9-4-3-5-10-18/h3-10,13,19-20H,11-12,14H2,1-2H3,(H,21,23). The number of hydrogen-bond acceptors (Lipinski definition) is 3. The third kappa shape index (κ3) is 4.15. The second-order valence-electron chi connectivity index (χ2n) is 6.43. The van der Waals surface area contributed by atoms with Crippen LogP contribution in [-0.4, -0.2) is 37.0 Å². The number of likely N-dealkylation sites (tertiary alicyclic amines) is 1. The summed E-state index contributed by atoms with van der Waals surface area (Å²) in [5, 5.41) is 2.87. The molecule has 1 saturated heterocycles. The van der Waals surface area contributed by atoms with Gasteiger partial charge in [0, 0.05) is 31.6 Å². The van der Waals surface area contributed by atoms with Gasteiger partial charge in [0.15, 0.2) is 0 Å². The van der Waals surface area contributed by atoms with Crippen LogP contribution in [0.5, 0.6) is 5.75 Å². The summed E-state index contributed by atoms with van der Waals surface area (Å²) in [6.07, 6.45) is 1.12. The fourth-order valence-corrected chi connectivity index (χ4v) is 3.28. The Morgan fingerprint density at radius 2 is 1.96 bits per heavy atom. The number of amides is 1. The van der Waals surface area contributed by atoms with Crippen LogP contribution in [0.3, 0.4) is 0 Å². The zero-order valence-corrected chi connectivity index (χ0v) is 14.2. The Bertz CT molecular complexity index is 687. The van der Waals surface area contributed by atoms with Crippen molar-refractivity contribution < 1.29 is 9.53 Å². The maximum Gasteiger partial charge on any atom is 0.221 e. The quantitative estimate of drug-likeness (QED) is 0.936. The number of ether oxygens (including phenoxy) is 1. The van der Waals surface area contributed by atoms with E-state index in [4.69, 9.17) is 4.74 Å². The van der Waals surface area contributed by atoms with Crippen molar-refractivity contribution in [2.24, 2.45) is 0 Å². The Kier molecular flexibility index (Phi) is 5.16. The van der Waals surface area contributed by atoms with E-state index in [1.165, 1.54) is 12.5 Å². The van der Waals surface area contributed by atoms with Crippen LogP contribution in [0.15, 0.2) is 54.6 Å². The van der Waals surface area contributed by atoms with E-state index in [9.17, 15) is 4.79 Å². The number of benzene rings is 2. The van der Waals surface area contributed by atoms with Gasteiger partial charge in [0.1, 0.15) is 11.9 Å². The molecule has 2 aromatic carbocycles. The van der Waals surface area contributed by atoms with Gasteiger partial charge in [-0.05, 0) is 43.3 Å². The molecular weight excluding hydrogens is 300 g/mol. The van der Waals surface area contributed by atoms with Gasteiger partial charge in [-0.2, -0.15) is 0 Å². The smallest absolute Gasteiger partial charge is 0.221 e. The van der Waals surface area contributed by atoms with Gasteiger partial charge >= 0.3 is 0 Å². The number of nitrogens with zero attached hydrogens (tertiary/aromatic N) is 1. The maximum atomic E-state index is 11.3. The third-order valence-electron chi connectivity index (χ3n) is 4.42. The van der Waals surface area contributed by atoms with Crippen molar-refractivity contribution >= 4 is 11.6 Å². The lowest BCUT2D eigenvalue weighted by atomic mass is 9.87. The monoisotopic (exact) mass is 324 g/mol. The Labute approximate surface area is 143 Å². The lowest BCUT2D eigenvalue weighted by Crippen LogP contribution is -2.42. The van der Waals surface area contributed by atoms with Gasteiger partial charge < -0.3 is 15.0 Å². The molecular formula is C20H24N2O2. The number of carbonyl (C=O) groups is 1. The molecule has 1 aliphatic heterocycles. The van der Waals surface area contributed by atoms with E-state index in [0.29, 0.717) is 0 Å². The van der Waals surface area contributed by atoms with Crippen LogP contribution >= 0.6 is 0 Å². The van der Waals surface area contributed by atoms with Crippen LogP contribution in [0.1, 0.15) is 24.8 Å². The molecule has 0 bridgehead atoms. The summed E-state index contributed by atoms with van der Waals surface area (Å²) in [4.78, 5) is 13.6. The number of para-hydroxylation sites is 1. The summed E-state index contributed by atoms with van der Waals surface area (Å²) in [5.41, 5.74) is 2.04. The topological polar surface area (TPSA) is 41.6 Å². The highest BCUT2D eigenvalue weighted by Gasteiger charge is 2.30. The first kappa shape index (κ1) is 16.5. The van der Waals surface area contributed by atoms with Crippen LogP contribution in [0.2, 0.25) is 0 Å². The Hall–Kier alpha value is -2.33. The largest absolute Gasteiger partial charge is 0.490 e. The van der Waals surface area contributed by atoms with Gasteiger partial charge in [-0.3, -0.25) is 4.79 Å². The first-order valence-electron chi connectivity index (χ1n) is 8.39. The normalized spacial score (nSPS) is 21.2. The van der Waals surface area contributed by atoms with Crippen LogP contribution in [-0.2, 0) is 4.79 Å². The minimum Gasteiger partial charge on any atom is -0.490 e. The van der Waals surface area contributed by atoms with E-state index in [-0.39, 0.29) is 17.9 Å². The van der Waals surface area contributed by atoms with E-state index in [2.05, 4.69) is 29.4 Å². The molecule has 24 heavy (non-hydrogen) atoms. The van der Waals surface area contributed by atoms with E-state index in [1.807, 2.05) is 42.5 Å². The maximum absolute atomic E-state index is 11.3. The SMILES string of the molecule is CC(=O)Nc1cccc(C2CN(C)CCC2Oc2ccccc2)c1. The Morgan fingerprint density at radius 1 is 1.17 bits per heavy atom. The zero-order chi connectivity index (χ0) is 16.9. The van der Waals surface area contributed by atoms with Gasteiger partial charge in [-0.25, -0.2) is 0 Å². The van der Waals surface area contributed by atoms with Crippen molar-refractivity contribution in [3.05, 3.63) is 60.2 Å².